The predicted molar refractivity (Wildman–Crippen MR) is 150 cm³/mol. The van der Waals surface area contributed by atoms with Gasteiger partial charge in [0.05, 0.1) is 0 Å². The van der Waals surface area contributed by atoms with Crippen molar-refractivity contribution in [2.24, 2.45) is 0 Å². The molecule has 0 unspecified atom stereocenters. The Hall–Kier alpha value is -2.61. The molecule has 1 aromatic carbocycles. The normalized spacial score (nSPS) is 22.3. The van der Waals surface area contributed by atoms with E-state index in [9.17, 15) is 14.4 Å². The number of likely N-dealkylation sites (tertiary alicyclic amines) is 1. The first kappa shape index (κ1) is 28.4. The molecule has 1 saturated carbocycles. The molecule has 3 fully saturated rings. The Balaban J connectivity index is 1.21. The number of piperidine rings is 1. The number of rotatable bonds is 11. The molecule has 1 aliphatic carbocycles. The smallest absolute Gasteiger partial charge is 0.315 e. The molecule has 3 aliphatic rings. The van der Waals surface area contributed by atoms with Crippen molar-refractivity contribution in [3.05, 3.63) is 35.9 Å². The molecule has 1 aromatic rings. The lowest BCUT2D eigenvalue weighted by atomic mass is 9.81. The Morgan fingerprint density at radius 2 is 1.76 bits per heavy atom. The second-order valence-electron chi connectivity index (χ2n) is 11.4. The van der Waals surface area contributed by atoms with Crippen molar-refractivity contribution in [1.82, 2.24) is 25.8 Å². The van der Waals surface area contributed by atoms with E-state index in [2.05, 4.69) is 52.0 Å². The van der Waals surface area contributed by atoms with E-state index in [-0.39, 0.29) is 17.8 Å². The minimum absolute atomic E-state index is 0.0169. The number of carbonyl (C=O) groups excluding carboxylic acids is 3. The summed E-state index contributed by atoms with van der Waals surface area (Å²) in [6, 6.07) is 10.2. The van der Waals surface area contributed by atoms with Crippen molar-refractivity contribution in [2.75, 3.05) is 32.7 Å². The molecule has 2 aliphatic heterocycles. The van der Waals surface area contributed by atoms with E-state index in [1.54, 1.807) is 0 Å². The van der Waals surface area contributed by atoms with E-state index in [1.807, 2.05) is 11.0 Å². The van der Waals surface area contributed by atoms with E-state index in [0.29, 0.717) is 38.4 Å². The van der Waals surface area contributed by atoms with E-state index in [0.717, 1.165) is 58.2 Å². The molecule has 3 N–H and O–H groups in total. The highest BCUT2D eigenvalue weighted by molar-refractivity contribution is 6.00. The highest BCUT2D eigenvalue weighted by Gasteiger charge is 2.52. The van der Waals surface area contributed by atoms with Gasteiger partial charge in [-0.1, -0.05) is 56.5 Å². The number of amides is 4. The van der Waals surface area contributed by atoms with Crippen molar-refractivity contribution < 1.29 is 14.4 Å². The first-order chi connectivity index (χ1) is 18.5. The largest absolute Gasteiger partial charge is 0.342 e. The zero-order valence-electron chi connectivity index (χ0n) is 23.2. The number of hydrogen-bond donors (Lipinski definition) is 3. The molecule has 2 saturated heterocycles. The van der Waals surface area contributed by atoms with Gasteiger partial charge in [-0.3, -0.25) is 9.59 Å². The molecule has 4 amide bonds. The number of benzene rings is 1. The molecule has 0 bridgehead atoms. The van der Waals surface area contributed by atoms with Gasteiger partial charge in [-0.2, -0.15) is 0 Å². The fraction of sp³-hybridized carbons (Fsp3) is 0.700. The molecule has 8 nitrogen and oxygen atoms in total. The quantitative estimate of drug-likeness (QED) is 0.385. The molecule has 38 heavy (non-hydrogen) atoms. The Labute approximate surface area is 228 Å². The lowest BCUT2D eigenvalue weighted by molar-refractivity contribution is -0.161. The number of urea groups is 1. The summed E-state index contributed by atoms with van der Waals surface area (Å²) in [6.07, 6.45) is 11.2. The van der Waals surface area contributed by atoms with Crippen LogP contribution in [0.3, 0.4) is 0 Å². The first-order valence-corrected chi connectivity index (χ1v) is 14.9. The van der Waals surface area contributed by atoms with Gasteiger partial charge in [0.1, 0.15) is 11.6 Å². The fourth-order valence-electron chi connectivity index (χ4n) is 6.35. The van der Waals surface area contributed by atoms with Crippen LogP contribution in [0.2, 0.25) is 0 Å². The van der Waals surface area contributed by atoms with Crippen molar-refractivity contribution in [1.29, 1.82) is 0 Å². The topological polar surface area (TPSA) is 93.8 Å². The summed E-state index contributed by atoms with van der Waals surface area (Å²) >= 11 is 0. The van der Waals surface area contributed by atoms with Crippen LogP contribution in [-0.2, 0) is 16.0 Å². The van der Waals surface area contributed by atoms with Gasteiger partial charge in [0, 0.05) is 38.8 Å². The number of hydrogen-bond acceptors (Lipinski definition) is 4. The van der Waals surface area contributed by atoms with Crippen LogP contribution >= 0.6 is 0 Å². The van der Waals surface area contributed by atoms with Crippen LogP contribution in [0.4, 0.5) is 4.79 Å². The maximum absolute atomic E-state index is 13.5. The maximum Gasteiger partial charge on any atom is 0.315 e. The van der Waals surface area contributed by atoms with E-state index < -0.39 is 11.6 Å². The second-order valence-corrected chi connectivity index (χ2v) is 11.4. The van der Waals surface area contributed by atoms with Crippen LogP contribution in [0.15, 0.2) is 30.3 Å². The Morgan fingerprint density at radius 3 is 2.47 bits per heavy atom. The van der Waals surface area contributed by atoms with Crippen molar-refractivity contribution in [2.45, 2.75) is 102 Å². The highest BCUT2D eigenvalue weighted by atomic mass is 16.2. The Bertz CT molecular complexity index is 910. The summed E-state index contributed by atoms with van der Waals surface area (Å²) in [5.74, 6) is 0.0791. The van der Waals surface area contributed by atoms with Crippen LogP contribution < -0.4 is 16.0 Å². The molecule has 1 spiro atoms. The van der Waals surface area contributed by atoms with Gasteiger partial charge in [-0.15, -0.1) is 0 Å². The van der Waals surface area contributed by atoms with Crippen LogP contribution in [-0.4, -0.2) is 78.0 Å². The van der Waals surface area contributed by atoms with Gasteiger partial charge in [0.2, 0.25) is 11.8 Å². The Morgan fingerprint density at radius 1 is 1.03 bits per heavy atom. The standard InChI is InChI=1S/C30H47N5O3/c1-2-20-35-27(36)26(15-9-10-19-31-29(38)32-25-13-7-4-8-14-25)33-28(37)30(35)17-22-34(23-18-30)21-16-24-11-5-3-6-12-24/h3,5-6,11-12,25-26H,2,4,7-10,13-23H2,1H3,(H,33,37)(H2,31,32,38)/t26-/m0/s1. The Kier molecular flexibility index (Phi) is 10.4. The van der Waals surface area contributed by atoms with Crippen molar-refractivity contribution in [3.8, 4) is 0 Å². The summed E-state index contributed by atoms with van der Waals surface area (Å²) in [7, 11) is 0. The minimum atomic E-state index is -0.717. The molecular weight excluding hydrogens is 478 g/mol. The van der Waals surface area contributed by atoms with Crippen LogP contribution in [0, 0.1) is 0 Å². The van der Waals surface area contributed by atoms with Gasteiger partial charge in [-0.05, 0) is 63.4 Å². The average Bonchev–Trinajstić information content (AvgIpc) is 2.94. The van der Waals surface area contributed by atoms with Gasteiger partial charge < -0.3 is 25.8 Å². The zero-order valence-corrected chi connectivity index (χ0v) is 23.2. The van der Waals surface area contributed by atoms with Gasteiger partial charge in [0.25, 0.3) is 0 Å². The third kappa shape index (κ3) is 7.28. The molecule has 1 atom stereocenters. The van der Waals surface area contributed by atoms with Gasteiger partial charge in [0.15, 0.2) is 0 Å². The predicted octanol–water partition coefficient (Wildman–Crippen LogP) is 3.60. The molecule has 0 aromatic heterocycles. The summed E-state index contributed by atoms with van der Waals surface area (Å²) < 4.78 is 0. The molecule has 8 heteroatoms. The molecule has 4 rings (SSSR count). The second kappa shape index (κ2) is 14.0. The third-order valence-electron chi connectivity index (χ3n) is 8.64. The maximum atomic E-state index is 13.5. The molecule has 2 heterocycles. The monoisotopic (exact) mass is 525 g/mol. The number of unbranched alkanes of at least 4 members (excludes halogenated alkanes) is 1. The SMILES string of the molecule is CCCN1C(=O)[C@H](CCCCNC(=O)NC2CCCCC2)NC(=O)C12CCN(CCc1ccccc1)CC2. The highest BCUT2D eigenvalue weighted by Crippen LogP contribution is 2.34. The number of carbonyl (C=O) groups is 3. The zero-order chi connectivity index (χ0) is 26.8. The van der Waals surface area contributed by atoms with Crippen LogP contribution in [0.5, 0.6) is 0 Å². The number of piperazine rings is 1. The van der Waals surface area contributed by atoms with Gasteiger partial charge in [-0.25, -0.2) is 4.79 Å². The van der Waals surface area contributed by atoms with E-state index in [1.165, 1.54) is 24.8 Å². The third-order valence-corrected chi connectivity index (χ3v) is 8.64. The first-order valence-electron chi connectivity index (χ1n) is 14.9. The average molecular weight is 526 g/mol. The summed E-state index contributed by atoms with van der Waals surface area (Å²) in [6.45, 7) is 5.89. The van der Waals surface area contributed by atoms with Crippen molar-refractivity contribution in [3.63, 3.8) is 0 Å². The number of nitrogens with one attached hydrogen (secondary N) is 3. The van der Waals surface area contributed by atoms with Crippen LogP contribution in [0.1, 0.15) is 83.1 Å². The van der Waals surface area contributed by atoms with Crippen molar-refractivity contribution >= 4 is 17.8 Å². The molecule has 210 valence electrons. The summed E-state index contributed by atoms with van der Waals surface area (Å²) in [5.41, 5.74) is 0.611. The fourth-order valence-corrected chi connectivity index (χ4v) is 6.35. The van der Waals surface area contributed by atoms with E-state index in [4.69, 9.17) is 0 Å². The summed E-state index contributed by atoms with van der Waals surface area (Å²) in [4.78, 5) is 43.5. The lowest BCUT2D eigenvalue weighted by Crippen LogP contribution is -2.72. The lowest BCUT2D eigenvalue weighted by Gasteiger charge is -2.51. The van der Waals surface area contributed by atoms with Gasteiger partial charge >= 0.3 is 6.03 Å². The number of nitrogens with zero attached hydrogens (tertiary/aromatic N) is 2. The van der Waals surface area contributed by atoms with E-state index >= 15 is 0 Å². The van der Waals surface area contributed by atoms with Crippen LogP contribution in [0.25, 0.3) is 0 Å². The molecular formula is C30H47N5O3. The summed E-state index contributed by atoms with van der Waals surface area (Å²) in [5, 5.41) is 9.12. The minimum Gasteiger partial charge on any atom is -0.342 e. The molecule has 0 radical (unpaired) electrons.